The first-order valence-electron chi connectivity index (χ1n) is 12.3. The fourth-order valence-electron chi connectivity index (χ4n) is 4.40. The van der Waals surface area contributed by atoms with Crippen LogP contribution in [0.5, 0.6) is 5.75 Å². The summed E-state index contributed by atoms with van der Waals surface area (Å²) < 4.78 is 72.0. The van der Waals surface area contributed by atoms with Crippen LogP contribution in [0.4, 0.5) is 28.4 Å². The summed E-state index contributed by atoms with van der Waals surface area (Å²) in [6.45, 7) is -0.379. The highest BCUT2D eigenvalue weighted by atomic mass is 32.2. The van der Waals surface area contributed by atoms with Crippen molar-refractivity contribution in [2.45, 2.75) is 16.4 Å². The number of methoxy groups -OCH3 is 1. The van der Waals surface area contributed by atoms with Crippen molar-refractivity contribution in [3.63, 3.8) is 0 Å². The summed E-state index contributed by atoms with van der Waals surface area (Å²) in [5.74, 6) is 0.317. The Morgan fingerprint density at radius 1 is 0.721 bits per heavy atom. The maximum Gasteiger partial charge on any atom is 0.295 e. The first-order valence-corrected chi connectivity index (χ1v) is 15.2. The molecule has 5 aromatic carbocycles. The number of aliphatic hydroxyl groups excluding tert-OH is 1. The van der Waals surface area contributed by atoms with Crippen molar-refractivity contribution in [2.75, 3.05) is 12.8 Å². The van der Waals surface area contributed by atoms with E-state index >= 15 is 0 Å². The second-order valence-corrected chi connectivity index (χ2v) is 12.0. The Bertz CT molecular complexity index is 2180. The van der Waals surface area contributed by atoms with Crippen LogP contribution in [-0.4, -0.2) is 38.2 Å². The van der Waals surface area contributed by atoms with E-state index in [0.29, 0.717) is 33.5 Å². The summed E-state index contributed by atoms with van der Waals surface area (Å²) >= 11 is 0. The summed E-state index contributed by atoms with van der Waals surface area (Å²) in [6, 6.07) is 19.1. The van der Waals surface area contributed by atoms with Crippen molar-refractivity contribution in [3.05, 3.63) is 84.4 Å². The van der Waals surface area contributed by atoms with Gasteiger partial charge < -0.3 is 15.6 Å². The number of fused-ring (bicyclic) bond motifs is 2. The van der Waals surface area contributed by atoms with Crippen molar-refractivity contribution in [1.29, 1.82) is 0 Å². The smallest absolute Gasteiger partial charge is 0.295 e. The number of nitrogens with two attached hydrogens (primary N) is 1. The molecule has 0 spiro atoms. The van der Waals surface area contributed by atoms with Crippen LogP contribution in [0.2, 0.25) is 0 Å². The number of ether oxygens (including phenoxy) is 1. The fraction of sp³-hybridized carbons (Fsp3) is 0.0714. The number of rotatable bonds is 8. The lowest BCUT2D eigenvalue weighted by atomic mass is 10.1. The van der Waals surface area contributed by atoms with Crippen molar-refractivity contribution < 1.29 is 35.8 Å². The first-order chi connectivity index (χ1) is 20.4. The van der Waals surface area contributed by atoms with Gasteiger partial charge in [0.15, 0.2) is 0 Å². The Labute approximate surface area is 245 Å². The van der Waals surface area contributed by atoms with Crippen LogP contribution in [-0.2, 0) is 26.8 Å². The molecule has 5 aromatic rings. The van der Waals surface area contributed by atoms with Gasteiger partial charge in [-0.3, -0.25) is 9.11 Å². The average Bonchev–Trinajstić information content (AvgIpc) is 2.97. The van der Waals surface area contributed by atoms with Crippen molar-refractivity contribution in [2.24, 2.45) is 20.5 Å². The van der Waals surface area contributed by atoms with E-state index in [1.54, 1.807) is 24.3 Å². The molecular formula is C28H23N5O8S2. The highest BCUT2D eigenvalue weighted by Gasteiger charge is 2.16. The third kappa shape index (κ3) is 6.20. The molecule has 43 heavy (non-hydrogen) atoms. The minimum Gasteiger partial charge on any atom is -0.495 e. The molecule has 0 radical (unpaired) electrons. The standard InChI is InChI=1S/C28H23N5O8S2/c1-41-27-14-26(17(15-34)11-23(27)29)33-32-25-10-9-24(20-8-7-19(13-22(20)25)42(35,36)37)31-30-18-6-5-16-3-2-4-28(21(16)12-18)43(38,39)40/h2-14,34H,15,29H2,1H3,(H,35,36,37)(H,38,39,40). The number of benzene rings is 5. The molecule has 0 unspecified atom stereocenters. The van der Waals surface area contributed by atoms with Gasteiger partial charge in [-0.15, -0.1) is 10.2 Å². The highest BCUT2D eigenvalue weighted by molar-refractivity contribution is 7.86. The zero-order chi connectivity index (χ0) is 30.9. The summed E-state index contributed by atoms with van der Waals surface area (Å²) in [5.41, 5.74) is 7.63. The van der Waals surface area contributed by atoms with Crippen molar-refractivity contribution in [1.82, 2.24) is 0 Å². The minimum absolute atomic E-state index is 0.211. The molecule has 0 aliphatic rings. The Morgan fingerprint density at radius 2 is 1.42 bits per heavy atom. The molecule has 0 fully saturated rings. The molecule has 0 bridgehead atoms. The molecule has 0 heterocycles. The molecule has 0 aliphatic heterocycles. The van der Waals surface area contributed by atoms with E-state index in [1.165, 1.54) is 61.7 Å². The molecule has 5 N–H and O–H groups in total. The van der Waals surface area contributed by atoms with E-state index in [0.717, 1.165) is 0 Å². The molecule has 0 aliphatic carbocycles. The number of nitrogens with zero attached hydrogens (tertiary/aromatic N) is 4. The van der Waals surface area contributed by atoms with Gasteiger partial charge >= 0.3 is 0 Å². The minimum atomic E-state index is -4.57. The number of hydrogen-bond acceptors (Lipinski definition) is 11. The lowest BCUT2D eigenvalue weighted by Crippen LogP contribution is -1.98. The SMILES string of the molecule is COc1cc(N=Nc2ccc(N=Nc3ccc4cccc(S(=O)(=O)O)c4c3)c3ccc(S(=O)(=O)O)cc23)c(CO)cc1N. The van der Waals surface area contributed by atoms with E-state index in [1.807, 2.05) is 0 Å². The molecule has 0 saturated carbocycles. The Morgan fingerprint density at radius 3 is 2.09 bits per heavy atom. The fourth-order valence-corrected chi connectivity index (χ4v) is 5.61. The Balaban J connectivity index is 1.61. The normalized spacial score (nSPS) is 12.6. The molecule has 15 heteroatoms. The quantitative estimate of drug-likeness (QED) is 0.0855. The zero-order valence-electron chi connectivity index (χ0n) is 22.3. The van der Waals surface area contributed by atoms with Gasteiger partial charge in [0.25, 0.3) is 20.2 Å². The second-order valence-electron chi connectivity index (χ2n) is 9.20. The van der Waals surface area contributed by atoms with Gasteiger partial charge in [-0.2, -0.15) is 27.1 Å². The zero-order valence-corrected chi connectivity index (χ0v) is 23.9. The number of anilines is 1. The van der Waals surface area contributed by atoms with Crippen molar-refractivity contribution >= 4 is 70.2 Å². The largest absolute Gasteiger partial charge is 0.495 e. The molecule has 5 rings (SSSR count). The van der Waals surface area contributed by atoms with Crippen molar-refractivity contribution in [3.8, 4) is 5.75 Å². The highest BCUT2D eigenvalue weighted by Crippen LogP contribution is 2.38. The van der Waals surface area contributed by atoms with Crippen LogP contribution < -0.4 is 10.5 Å². The maximum absolute atomic E-state index is 11.9. The van der Waals surface area contributed by atoms with Gasteiger partial charge in [0.1, 0.15) is 10.6 Å². The van der Waals surface area contributed by atoms with Gasteiger partial charge in [-0.05, 0) is 53.9 Å². The topological polar surface area (TPSA) is 214 Å². The van der Waals surface area contributed by atoms with E-state index < -0.39 is 20.2 Å². The summed E-state index contributed by atoms with van der Waals surface area (Å²) in [4.78, 5) is -0.661. The number of nitrogen functional groups attached to an aromatic ring is 1. The number of aliphatic hydroxyl groups is 1. The van der Waals surface area contributed by atoms with Crippen LogP contribution >= 0.6 is 0 Å². The van der Waals surface area contributed by atoms with Crippen LogP contribution in [0, 0.1) is 0 Å². The van der Waals surface area contributed by atoms with Crippen LogP contribution in [0.1, 0.15) is 5.56 Å². The number of hydrogen-bond donors (Lipinski definition) is 4. The molecule has 0 atom stereocenters. The summed E-state index contributed by atoms with van der Waals surface area (Å²) in [5, 5.41) is 28.2. The van der Waals surface area contributed by atoms with Crippen LogP contribution in [0.3, 0.4) is 0 Å². The summed E-state index contributed by atoms with van der Waals surface area (Å²) in [6.07, 6.45) is 0. The van der Waals surface area contributed by atoms with Gasteiger partial charge in [0.2, 0.25) is 0 Å². The molecule has 0 amide bonds. The molecule has 0 saturated heterocycles. The third-order valence-corrected chi connectivity index (χ3v) is 8.24. The van der Waals surface area contributed by atoms with Crippen LogP contribution in [0.25, 0.3) is 21.5 Å². The lowest BCUT2D eigenvalue weighted by Gasteiger charge is -2.09. The van der Waals surface area contributed by atoms with E-state index in [-0.39, 0.29) is 44.2 Å². The van der Waals surface area contributed by atoms with E-state index in [2.05, 4.69) is 20.5 Å². The second kappa shape index (κ2) is 11.5. The van der Waals surface area contributed by atoms with Crippen LogP contribution in [0.15, 0.2) is 109 Å². The molecular weight excluding hydrogens is 598 g/mol. The Hall–Kier alpha value is -4.80. The molecule has 13 nitrogen and oxygen atoms in total. The van der Waals surface area contributed by atoms with Gasteiger partial charge in [-0.25, -0.2) is 0 Å². The van der Waals surface area contributed by atoms with Gasteiger partial charge in [0.05, 0.1) is 47.0 Å². The van der Waals surface area contributed by atoms with Gasteiger partial charge in [0, 0.05) is 27.8 Å². The molecule has 220 valence electrons. The monoisotopic (exact) mass is 621 g/mol. The Kier molecular flexibility index (Phi) is 7.92. The first kappa shape index (κ1) is 29.7. The summed E-state index contributed by atoms with van der Waals surface area (Å²) in [7, 11) is -7.63. The number of azo groups is 2. The lowest BCUT2D eigenvalue weighted by molar-refractivity contribution is 0.282. The van der Waals surface area contributed by atoms with E-state index in [9.17, 15) is 31.0 Å². The maximum atomic E-state index is 11.9. The predicted molar refractivity (Wildman–Crippen MR) is 159 cm³/mol. The van der Waals surface area contributed by atoms with Gasteiger partial charge in [-0.1, -0.05) is 24.3 Å². The predicted octanol–water partition coefficient (Wildman–Crippen LogP) is 6.40. The molecule has 0 aromatic heterocycles. The third-order valence-electron chi connectivity index (χ3n) is 6.48. The average molecular weight is 622 g/mol. The van der Waals surface area contributed by atoms with E-state index in [4.69, 9.17) is 10.5 Å².